The normalized spacial score (nSPS) is 14.8. The molecule has 0 unspecified atom stereocenters. The molecule has 0 N–H and O–H groups in total. The maximum Gasteiger partial charge on any atom is 0.227 e. The Bertz CT molecular complexity index is 649. The number of nitrogens with zero attached hydrogens (tertiary/aromatic N) is 5. The molecule has 1 aliphatic heterocycles. The zero-order chi connectivity index (χ0) is 16.9. The van der Waals surface area contributed by atoms with Crippen LogP contribution in [0, 0.1) is 5.82 Å². The first kappa shape index (κ1) is 16.5. The van der Waals surface area contributed by atoms with Gasteiger partial charge in [0.1, 0.15) is 11.6 Å². The average Bonchev–Trinajstić information content (AvgIpc) is 2.64. The van der Waals surface area contributed by atoms with E-state index in [0.29, 0.717) is 0 Å². The number of piperazine rings is 1. The Morgan fingerprint density at radius 2 is 1.58 bits per heavy atom. The van der Waals surface area contributed by atoms with Crippen molar-refractivity contribution in [3.8, 4) is 0 Å². The molecule has 0 radical (unpaired) electrons. The highest BCUT2D eigenvalue weighted by molar-refractivity contribution is 5.49. The molecule has 0 saturated carbocycles. The lowest BCUT2D eigenvalue weighted by Crippen LogP contribution is -2.47. The summed E-state index contributed by atoms with van der Waals surface area (Å²) in [4.78, 5) is 15.9. The van der Waals surface area contributed by atoms with Crippen LogP contribution in [0.3, 0.4) is 0 Å². The number of benzene rings is 1. The first-order valence-corrected chi connectivity index (χ1v) is 8.54. The molecule has 0 aliphatic carbocycles. The molecule has 1 aliphatic rings. The van der Waals surface area contributed by atoms with Crippen LogP contribution in [0.1, 0.15) is 13.8 Å². The van der Waals surface area contributed by atoms with Crippen molar-refractivity contribution >= 4 is 17.5 Å². The van der Waals surface area contributed by atoms with E-state index in [4.69, 9.17) is 4.98 Å². The number of anilines is 3. The van der Waals surface area contributed by atoms with Crippen LogP contribution in [0.5, 0.6) is 0 Å². The molecule has 3 rings (SSSR count). The second-order valence-corrected chi connectivity index (χ2v) is 5.84. The van der Waals surface area contributed by atoms with Gasteiger partial charge in [-0.15, -0.1) is 0 Å². The molecule has 2 heterocycles. The monoisotopic (exact) mass is 329 g/mol. The molecule has 5 nitrogen and oxygen atoms in total. The van der Waals surface area contributed by atoms with Crippen LogP contribution in [-0.2, 0) is 0 Å². The summed E-state index contributed by atoms with van der Waals surface area (Å²) in [5.74, 6) is 1.57. The maximum absolute atomic E-state index is 13.1. The van der Waals surface area contributed by atoms with Gasteiger partial charge in [0.15, 0.2) is 0 Å². The third-order valence-electron chi connectivity index (χ3n) is 4.47. The Morgan fingerprint density at radius 1 is 0.958 bits per heavy atom. The third-order valence-corrected chi connectivity index (χ3v) is 4.47. The minimum atomic E-state index is -0.195. The minimum absolute atomic E-state index is 0.195. The van der Waals surface area contributed by atoms with Crippen LogP contribution in [0.4, 0.5) is 21.8 Å². The van der Waals surface area contributed by atoms with Crippen LogP contribution in [0.15, 0.2) is 36.5 Å². The number of aromatic nitrogens is 2. The summed E-state index contributed by atoms with van der Waals surface area (Å²) in [6, 6.07) is 8.66. The highest BCUT2D eigenvalue weighted by atomic mass is 19.1. The number of rotatable bonds is 5. The predicted molar refractivity (Wildman–Crippen MR) is 96.4 cm³/mol. The molecule has 24 heavy (non-hydrogen) atoms. The van der Waals surface area contributed by atoms with E-state index in [9.17, 15) is 4.39 Å². The van der Waals surface area contributed by atoms with Gasteiger partial charge in [-0.1, -0.05) is 0 Å². The second kappa shape index (κ2) is 7.47. The largest absolute Gasteiger partial charge is 0.368 e. The van der Waals surface area contributed by atoms with E-state index >= 15 is 0 Å². The second-order valence-electron chi connectivity index (χ2n) is 5.84. The lowest BCUT2D eigenvalue weighted by atomic mass is 10.2. The first-order chi connectivity index (χ1) is 11.7. The molecule has 0 atom stereocenters. The quantitative estimate of drug-likeness (QED) is 0.843. The van der Waals surface area contributed by atoms with Gasteiger partial charge in [-0.05, 0) is 44.2 Å². The van der Waals surface area contributed by atoms with Crippen molar-refractivity contribution in [2.45, 2.75) is 13.8 Å². The van der Waals surface area contributed by atoms with E-state index < -0.39 is 0 Å². The standard InChI is InChI=1S/C18H24FN5/c1-3-22(4-2)17-9-10-20-18(21-17)24-13-11-23(12-14-24)16-7-5-15(19)6-8-16/h5-10H,3-4,11-14H2,1-2H3. The van der Waals surface area contributed by atoms with Gasteiger partial charge < -0.3 is 14.7 Å². The molecule has 1 aromatic heterocycles. The average molecular weight is 329 g/mol. The Labute approximate surface area is 142 Å². The van der Waals surface area contributed by atoms with Crippen LogP contribution in [0.25, 0.3) is 0 Å². The summed E-state index contributed by atoms with van der Waals surface area (Å²) in [7, 11) is 0. The van der Waals surface area contributed by atoms with Crippen molar-refractivity contribution in [2.75, 3.05) is 54.0 Å². The zero-order valence-corrected chi connectivity index (χ0v) is 14.3. The van der Waals surface area contributed by atoms with Crippen molar-refractivity contribution in [1.82, 2.24) is 9.97 Å². The van der Waals surface area contributed by atoms with E-state index in [-0.39, 0.29) is 5.82 Å². The summed E-state index contributed by atoms with van der Waals surface area (Å²) in [6.07, 6.45) is 1.84. The van der Waals surface area contributed by atoms with Crippen LogP contribution in [-0.4, -0.2) is 49.2 Å². The van der Waals surface area contributed by atoms with Gasteiger partial charge >= 0.3 is 0 Å². The fraction of sp³-hybridized carbons (Fsp3) is 0.444. The molecule has 1 fully saturated rings. The first-order valence-electron chi connectivity index (χ1n) is 8.54. The molecule has 0 amide bonds. The summed E-state index contributed by atoms with van der Waals surface area (Å²) >= 11 is 0. The smallest absolute Gasteiger partial charge is 0.227 e. The SMILES string of the molecule is CCN(CC)c1ccnc(N2CCN(c3ccc(F)cc3)CC2)n1. The molecule has 0 bridgehead atoms. The molecular formula is C18H24FN5. The summed E-state index contributed by atoms with van der Waals surface area (Å²) in [6.45, 7) is 9.61. The van der Waals surface area contributed by atoms with Gasteiger partial charge in [0.25, 0.3) is 0 Å². The maximum atomic E-state index is 13.1. The van der Waals surface area contributed by atoms with Crippen LogP contribution < -0.4 is 14.7 Å². The van der Waals surface area contributed by atoms with Gasteiger partial charge in [0, 0.05) is 51.2 Å². The van der Waals surface area contributed by atoms with Gasteiger partial charge in [-0.3, -0.25) is 0 Å². The summed E-state index contributed by atoms with van der Waals surface area (Å²) in [5, 5.41) is 0. The molecule has 6 heteroatoms. The Morgan fingerprint density at radius 3 is 2.21 bits per heavy atom. The van der Waals surface area contributed by atoms with Crippen molar-refractivity contribution in [3.05, 3.63) is 42.3 Å². The molecule has 1 aromatic carbocycles. The van der Waals surface area contributed by atoms with Gasteiger partial charge in [0.2, 0.25) is 5.95 Å². The van der Waals surface area contributed by atoms with Gasteiger partial charge in [0.05, 0.1) is 0 Å². The topological polar surface area (TPSA) is 35.5 Å². The number of hydrogen-bond donors (Lipinski definition) is 0. The van der Waals surface area contributed by atoms with E-state index in [1.165, 1.54) is 12.1 Å². The summed E-state index contributed by atoms with van der Waals surface area (Å²) < 4.78 is 13.1. The molecule has 2 aromatic rings. The third kappa shape index (κ3) is 3.58. The van der Waals surface area contributed by atoms with Crippen LogP contribution in [0.2, 0.25) is 0 Å². The fourth-order valence-corrected chi connectivity index (χ4v) is 3.03. The fourth-order valence-electron chi connectivity index (χ4n) is 3.03. The van der Waals surface area contributed by atoms with Gasteiger partial charge in [-0.2, -0.15) is 4.98 Å². The molecular weight excluding hydrogens is 305 g/mol. The summed E-state index contributed by atoms with van der Waals surface area (Å²) in [5.41, 5.74) is 1.06. The molecule has 128 valence electrons. The highest BCUT2D eigenvalue weighted by Gasteiger charge is 2.20. The van der Waals surface area contributed by atoms with Crippen molar-refractivity contribution in [2.24, 2.45) is 0 Å². The number of halogens is 1. The van der Waals surface area contributed by atoms with E-state index in [1.54, 1.807) is 0 Å². The van der Waals surface area contributed by atoms with Gasteiger partial charge in [-0.25, -0.2) is 9.37 Å². The molecule has 1 saturated heterocycles. The Balaban J connectivity index is 1.66. The highest BCUT2D eigenvalue weighted by Crippen LogP contribution is 2.20. The van der Waals surface area contributed by atoms with Crippen molar-refractivity contribution in [1.29, 1.82) is 0 Å². The van der Waals surface area contributed by atoms with Crippen LogP contribution >= 0.6 is 0 Å². The lowest BCUT2D eigenvalue weighted by Gasteiger charge is -2.36. The minimum Gasteiger partial charge on any atom is -0.368 e. The Kier molecular flexibility index (Phi) is 5.13. The number of hydrogen-bond acceptors (Lipinski definition) is 5. The molecule has 0 spiro atoms. The lowest BCUT2D eigenvalue weighted by molar-refractivity contribution is 0.623. The van der Waals surface area contributed by atoms with E-state index in [1.807, 2.05) is 24.4 Å². The Hall–Kier alpha value is -2.37. The predicted octanol–water partition coefficient (Wildman–Crippen LogP) is 2.79. The zero-order valence-electron chi connectivity index (χ0n) is 14.3. The van der Waals surface area contributed by atoms with E-state index in [0.717, 1.165) is 56.7 Å². The van der Waals surface area contributed by atoms with E-state index in [2.05, 4.69) is 33.5 Å². The van der Waals surface area contributed by atoms with Crippen molar-refractivity contribution in [3.63, 3.8) is 0 Å². The van der Waals surface area contributed by atoms with Crippen molar-refractivity contribution < 1.29 is 4.39 Å².